The molecule has 0 spiro atoms. The van der Waals surface area contributed by atoms with E-state index in [1.807, 2.05) is 4.72 Å². The Hall–Kier alpha value is -3.32. The van der Waals surface area contributed by atoms with Crippen LogP contribution in [0, 0.1) is 11.3 Å². The van der Waals surface area contributed by atoms with Crippen LogP contribution in [-0.4, -0.2) is 18.2 Å². The summed E-state index contributed by atoms with van der Waals surface area (Å²) in [5, 5.41) is 12.6. The lowest BCUT2D eigenvalue weighted by molar-refractivity contribution is -0.142. The molecule has 0 bridgehead atoms. The van der Waals surface area contributed by atoms with Crippen LogP contribution in [0.3, 0.4) is 0 Å². The van der Waals surface area contributed by atoms with E-state index in [2.05, 4.69) is 5.10 Å². The van der Waals surface area contributed by atoms with Gasteiger partial charge in [0.1, 0.15) is 0 Å². The number of alkyl halides is 3. The fourth-order valence-corrected chi connectivity index (χ4v) is 3.49. The number of anilines is 1. The number of hydrogen-bond donors (Lipinski definition) is 1. The number of benzene rings is 2. The lowest BCUT2D eigenvalue weighted by Gasteiger charge is -2.14. The van der Waals surface area contributed by atoms with E-state index in [0.717, 1.165) is 12.3 Å². The summed E-state index contributed by atoms with van der Waals surface area (Å²) in [4.78, 5) is -0.331. The minimum atomic E-state index is -4.86. The molecule has 0 atom stereocenters. The Labute approximate surface area is 152 Å². The summed E-state index contributed by atoms with van der Waals surface area (Å²) in [6.07, 6.45) is -4.07. The van der Waals surface area contributed by atoms with Crippen LogP contribution in [0.4, 0.5) is 18.9 Å². The molecule has 0 aliphatic rings. The van der Waals surface area contributed by atoms with Gasteiger partial charge in [0.25, 0.3) is 10.0 Å². The lowest BCUT2D eigenvalue weighted by Crippen LogP contribution is -2.19. The molecule has 0 fully saturated rings. The van der Waals surface area contributed by atoms with Crippen molar-refractivity contribution in [1.82, 2.24) is 9.78 Å². The zero-order chi connectivity index (χ0) is 19.7. The highest BCUT2D eigenvalue weighted by Gasteiger charge is 2.40. The molecule has 0 saturated carbocycles. The molecule has 10 heteroatoms. The van der Waals surface area contributed by atoms with Crippen LogP contribution in [0.25, 0.3) is 5.69 Å². The molecule has 0 aliphatic carbocycles. The first-order chi connectivity index (χ1) is 12.7. The maximum Gasteiger partial charge on any atom is 0.435 e. The Bertz CT molecular complexity index is 1120. The van der Waals surface area contributed by atoms with Crippen LogP contribution in [0.5, 0.6) is 0 Å². The highest BCUT2D eigenvalue weighted by atomic mass is 32.2. The van der Waals surface area contributed by atoms with Gasteiger partial charge in [-0.2, -0.15) is 23.5 Å². The van der Waals surface area contributed by atoms with Gasteiger partial charge in [0.15, 0.2) is 5.69 Å². The molecule has 3 rings (SSSR count). The van der Waals surface area contributed by atoms with Crippen LogP contribution >= 0.6 is 0 Å². The van der Waals surface area contributed by atoms with Crippen LogP contribution in [0.2, 0.25) is 0 Å². The number of nitriles is 1. The summed E-state index contributed by atoms with van der Waals surface area (Å²) in [6, 6.07) is 14.3. The summed E-state index contributed by atoms with van der Waals surface area (Å²) in [7, 11) is -4.35. The van der Waals surface area contributed by atoms with E-state index in [1.165, 1.54) is 42.5 Å². The first-order valence-electron chi connectivity index (χ1n) is 7.46. The Kier molecular flexibility index (Phi) is 4.63. The van der Waals surface area contributed by atoms with Crippen molar-refractivity contribution >= 4 is 15.7 Å². The van der Waals surface area contributed by atoms with E-state index in [4.69, 9.17) is 5.26 Å². The molecule has 1 N–H and O–H groups in total. The van der Waals surface area contributed by atoms with Gasteiger partial charge in [-0.1, -0.05) is 24.3 Å². The third-order valence-corrected chi connectivity index (χ3v) is 4.92. The first-order valence-corrected chi connectivity index (χ1v) is 8.94. The molecule has 0 saturated heterocycles. The van der Waals surface area contributed by atoms with Crippen molar-refractivity contribution in [2.24, 2.45) is 0 Å². The molecule has 0 aliphatic heterocycles. The molecule has 138 valence electrons. The molecule has 0 unspecified atom stereocenters. The fraction of sp³-hybridized carbons (Fsp3) is 0.0588. The molecule has 3 aromatic rings. The van der Waals surface area contributed by atoms with E-state index in [9.17, 15) is 21.6 Å². The maximum atomic E-state index is 13.6. The van der Waals surface area contributed by atoms with E-state index in [-0.39, 0.29) is 16.1 Å². The minimum absolute atomic E-state index is 0.0638. The Morgan fingerprint density at radius 2 is 1.78 bits per heavy atom. The van der Waals surface area contributed by atoms with Crippen molar-refractivity contribution in [2.45, 2.75) is 11.1 Å². The SMILES string of the molecule is N#Cc1cccc(S(=O)(=O)Nc2cnn(-c3ccccc3)c2C(F)(F)F)c1. The third-order valence-electron chi connectivity index (χ3n) is 3.56. The standard InChI is InChI=1S/C17H11F3N4O2S/c18-17(19,20)16-15(11-22-24(16)13-6-2-1-3-7-13)23-27(25,26)14-8-4-5-12(9-14)10-21/h1-9,11,23H. The van der Waals surface area contributed by atoms with E-state index in [0.29, 0.717) is 4.68 Å². The average Bonchev–Trinajstić information content (AvgIpc) is 3.06. The van der Waals surface area contributed by atoms with Crippen LogP contribution in [0.1, 0.15) is 11.3 Å². The van der Waals surface area contributed by atoms with E-state index in [1.54, 1.807) is 12.1 Å². The molecule has 0 radical (unpaired) electrons. The van der Waals surface area contributed by atoms with Gasteiger partial charge in [0, 0.05) is 0 Å². The number of para-hydroxylation sites is 1. The zero-order valence-corrected chi connectivity index (χ0v) is 14.3. The van der Waals surface area contributed by atoms with Gasteiger partial charge in [-0.3, -0.25) is 4.72 Å². The Morgan fingerprint density at radius 1 is 1.07 bits per heavy atom. The van der Waals surface area contributed by atoms with E-state index >= 15 is 0 Å². The molecule has 6 nitrogen and oxygen atoms in total. The predicted octanol–water partition coefficient (Wildman–Crippen LogP) is 3.56. The second-order valence-electron chi connectivity index (χ2n) is 5.40. The Balaban J connectivity index is 2.07. The number of halogens is 3. The van der Waals surface area contributed by atoms with Crippen LogP contribution < -0.4 is 4.72 Å². The van der Waals surface area contributed by atoms with Gasteiger partial charge >= 0.3 is 6.18 Å². The van der Waals surface area contributed by atoms with Crippen molar-refractivity contribution in [3.8, 4) is 11.8 Å². The second kappa shape index (κ2) is 6.77. The van der Waals surface area contributed by atoms with Gasteiger partial charge in [0.05, 0.1) is 34.1 Å². The molecular weight excluding hydrogens is 381 g/mol. The van der Waals surface area contributed by atoms with Crippen molar-refractivity contribution in [2.75, 3.05) is 4.72 Å². The maximum absolute atomic E-state index is 13.6. The molecule has 27 heavy (non-hydrogen) atoms. The van der Waals surface area contributed by atoms with Crippen molar-refractivity contribution in [3.05, 3.63) is 72.1 Å². The first kappa shape index (κ1) is 18.5. The summed E-state index contributed by atoms with van der Waals surface area (Å²) in [5.74, 6) is 0. The quantitative estimate of drug-likeness (QED) is 0.735. The van der Waals surface area contributed by atoms with Gasteiger partial charge < -0.3 is 0 Å². The smallest absolute Gasteiger partial charge is 0.276 e. The van der Waals surface area contributed by atoms with E-state index < -0.39 is 27.6 Å². The zero-order valence-electron chi connectivity index (χ0n) is 13.5. The van der Waals surface area contributed by atoms with Gasteiger partial charge in [-0.15, -0.1) is 0 Å². The normalized spacial score (nSPS) is 11.8. The molecule has 1 heterocycles. The third kappa shape index (κ3) is 3.78. The number of sulfonamides is 1. The number of rotatable bonds is 4. The number of nitrogens with zero attached hydrogens (tertiary/aromatic N) is 3. The van der Waals surface area contributed by atoms with Gasteiger partial charge in [-0.05, 0) is 30.3 Å². The van der Waals surface area contributed by atoms with Crippen molar-refractivity contribution < 1.29 is 21.6 Å². The van der Waals surface area contributed by atoms with Crippen LogP contribution in [-0.2, 0) is 16.2 Å². The topological polar surface area (TPSA) is 87.8 Å². The summed E-state index contributed by atoms with van der Waals surface area (Å²) in [6.45, 7) is 0. The highest BCUT2D eigenvalue weighted by Crippen LogP contribution is 2.37. The number of aromatic nitrogens is 2. The summed E-state index contributed by atoms with van der Waals surface area (Å²) >= 11 is 0. The number of nitrogens with one attached hydrogen (secondary N) is 1. The molecule has 2 aromatic carbocycles. The molecular formula is C17H11F3N4O2S. The summed E-state index contributed by atoms with van der Waals surface area (Å²) < 4.78 is 68.2. The predicted molar refractivity (Wildman–Crippen MR) is 90.5 cm³/mol. The second-order valence-corrected chi connectivity index (χ2v) is 7.08. The van der Waals surface area contributed by atoms with Crippen LogP contribution in [0.15, 0.2) is 65.7 Å². The van der Waals surface area contributed by atoms with Crippen molar-refractivity contribution in [3.63, 3.8) is 0 Å². The lowest BCUT2D eigenvalue weighted by atomic mass is 10.2. The molecule has 0 amide bonds. The number of hydrogen-bond acceptors (Lipinski definition) is 4. The summed E-state index contributed by atoms with van der Waals surface area (Å²) in [5.41, 5.74) is -1.78. The fourth-order valence-electron chi connectivity index (χ4n) is 2.40. The highest BCUT2D eigenvalue weighted by molar-refractivity contribution is 7.92. The molecule has 1 aromatic heterocycles. The van der Waals surface area contributed by atoms with Gasteiger partial charge in [-0.25, -0.2) is 13.1 Å². The van der Waals surface area contributed by atoms with Gasteiger partial charge in [0.2, 0.25) is 0 Å². The Morgan fingerprint density at radius 3 is 2.41 bits per heavy atom. The van der Waals surface area contributed by atoms with Crippen molar-refractivity contribution in [1.29, 1.82) is 5.26 Å². The monoisotopic (exact) mass is 392 g/mol. The average molecular weight is 392 g/mol. The largest absolute Gasteiger partial charge is 0.435 e. The minimum Gasteiger partial charge on any atom is -0.276 e.